The Balaban J connectivity index is 2.09. The summed E-state index contributed by atoms with van der Waals surface area (Å²) in [4.78, 5) is 28.9. The largest absolute Gasteiger partial charge is 0.341 e. The molecule has 24 heavy (non-hydrogen) atoms. The van der Waals surface area contributed by atoms with Gasteiger partial charge in [-0.15, -0.1) is 0 Å². The van der Waals surface area contributed by atoms with Crippen LogP contribution in [0.25, 0.3) is 0 Å². The van der Waals surface area contributed by atoms with Crippen molar-refractivity contribution in [2.24, 2.45) is 0 Å². The molecule has 1 saturated heterocycles. The lowest BCUT2D eigenvalue weighted by Crippen LogP contribution is -2.43. The van der Waals surface area contributed by atoms with E-state index in [9.17, 15) is 9.59 Å². The first-order valence-corrected chi connectivity index (χ1v) is 8.97. The fraction of sp³-hybridized carbons (Fsp3) is 0.667. The van der Waals surface area contributed by atoms with Crippen LogP contribution in [0, 0.1) is 6.92 Å². The summed E-state index contributed by atoms with van der Waals surface area (Å²) in [7, 11) is 0. The normalized spacial score (nSPS) is 15.0. The monoisotopic (exact) mass is 332 g/mol. The van der Waals surface area contributed by atoms with E-state index in [-0.39, 0.29) is 18.4 Å². The van der Waals surface area contributed by atoms with Crippen LogP contribution in [-0.4, -0.2) is 58.0 Å². The number of amides is 2. The molecular formula is C18H28N4O2. The molecule has 0 saturated carbocycles. The van der Waals surface area contributed by atoms with Crippen molar-refractivity contribution in [3.05, 3.63) is 23.0 Å². The van der Waals surface area contributed by atoms with Gasteiger partial charge in [0.1, 0.15) is 6.54 Å². The molecule has 2 amide bonds. The second-order valence-corrected chi connectivity index (χ2v) is 6.30. The lowest BCUT2D eigenvalue weighted by atomic mass is 10.1. The Labute approximate surface area is 144 Å². The molecule has 1 aromatic heterocycles. The Hall–Kier alpha value is -1.98. The third-order valence-electron chi connectivity index (χ3n) is 4.58. The SMILES string of the molecule is CCc1cc(C(=O)N(CC)CC(=O)N2CCCCCC2)c(C)nn1. The molecule has 1 aromatic rings. The summed E-state index contributed by atoms with van der Waals surface area (Å²) in [5.41, 5.74) is 1.95. The Kier molecular flexibility index (Phi) is 6.70. The third kappa shape index (κ3) is 4.52. The van der Waals surface area contributed by atoms with Crippen LogP contribution in [-0.2, 0) is 11.2 Å². The maximum atomic E-state index is 12.8. The topological polar surface area (TPSA) is 66.4 Å². The van der Waals surface area contributed by atoms with Crippen molar-refractivity contribution < 1.29 is 9.59 Å². The van der Waals surface area contributed by atoms with E-state index in [2.05, 4.69) is 10.2 Å². The van der Waals surface area contributed by atoms with Gasteiger partial charge >= 0.3 is 0 Å². The molecule has 0 aliphatic carbocycles. The Bertz CT molecular complexity index is 580. The van der Waals surface area contributed by atoms with Crippen LogP contribution in [0.5, 0.6) is 0 Å². The minimum atomic E-state index is -0.136. The van der Waals surface area contributed by atoms with Gasteiger partial charge < -0.3 is 9.80 Å². The van der Waals surface area contributed by atoms with Gasteiger partial charge in [-0.1, -0.05) is 19.8 Å². The number of aromatic nitrogens is 2. The van der Waals surface area contributed by atoms with Crippen LogP contribution in [0.3, 0.4) is 0 Å². The standard InChI is InChI=1S/C18H28N4O2/c1-4-15-12-16(14(3)19-20-15)18(24)21(5-2)13-17(23)22-10-8-6-7-9-11-22/h12H,4-11,13H2,1-3H3. The molecule has 6 nitrogen and oxygen atoms in total. The highest BCUT2D eigenvalue weighted by Crippen LogP contribution is 2.13. The molecule has 0 spiro atoms. The smallest absolute Gasteiger partial charge is 0.256 e. The van der Waals surface area contributed by atoms with Crippen LogP contribution in [0.2, 0.25) is 0 Å². The van der Waals surface area contributed by atoms with E-state index in [1.54, 1.807) is 17.9 Å². The fourth-order valence-corrected chi connectivity index (χ4v) is 2.96. The fourth-order valence-electron chi connectivity index (χ4n) is 2.96. The molecule has 132 valence electrons. The molecule has 0 unspecified atom stereocenters. The van der Waals surface area contributed by atoms with E-state index < -0.39 is 0 Å². The maximum absolute atomic E-state index is 12.8. The summed E-state index contributed by atoms with van der Waals surface area (Å²) in [5, 5.41) is 8.15. The van der Waals surface area contributed by atoms with E-state index >= 15 is 0 Å². The summed E-state index contributed by atoms with van der Waals surface area (Å²) >= 11 is 0. The van der Waals surface area contributed by atoms with Gasteiger partial charge in [0.05, 0.1) is 17.0 Å². The molecule has 0 N–H and O–H groups in total. The predicted molar refractivity (Wildman–Crippen MR) is 92.8 cm³/mol. The highest BCUT2D eigenvalue weighted by Gasteiger charge is 2.23. The first-order chi connectivity index (χ1) is 11.6. The molecule has 6 heteroatoms. The highest BCUT2D eigenvalue weighted by atomic mass is 16.2. The average molecular weight is 332 g/mol. The van der Waals surface area contributed by atoms with Crippen molar-refractivity contribution in [2.75, 3.05) is 26.2 Å². The summed E-state index contributed by atoms with van der Waals surface area (Å²) in [6.45, 7) is 7.91. The molecule has 1 fully saturated rings. The van der Waals surface area contributed by atoms with E-state index in [0.717, 1.165) is 38.0 Å². The highest BCUT2D eigenvalue weighted by molar-refractivity contribution is 5.97. The van der Waals surface area contributed by atoms with Crippen LogP contribution in [0.1, 0.15) is 61.3 Å². The number of likely N-dealkylation sites (tertiary alicyclic amines) is 1. The number of carbonyl (C=O) groups is 2. The van der Waals surface area contributed by atoms with Crippen LogP contribution in [0.15, 0.2) is 6.07 Å². The second-order valence-electron chi connectivity index (χ2n) is 6.30. The molecule has 0 aromatic carbocycles. The van der Waals surface area contributed by atoms with Crippen LogP contribution < -0.4 is 0 Å². The Morgan fingerprint density at radius 1 is 1.12 bits per heavy atom. The predicted octanol–water partition coefficient (Wildman–Crippen LogP) is 2.21. The van der Waals surface area contributed by atoms with E-state index in [4.69, 9.17) is 0 Å². The number of hydrogen-bond donors (Lipinski definition) is 0. The first kappa shape index (κ1) is 18.4. The lowest BCUT2D eigenvalue weighted by Gasteiger charge is -2.26. The number of likely N-dealkylation sites (N-methyl/N-ethyl adjacent to an activating group) is 1. The summed E-state index contributed by atoms with van der Waals surface area (Å²) in [6, 6.07) is 1.80. The summed E-state index contributed by atoms with van der Waals surface area (Å²) in [5.74, 6) is -0.0924. The number of nitrogens with zero attached hydrogens (tertiary/aromatic N) is 4. The molecule has 1 aliphatic heterocycles. The van der Waals surface area contributed by atoms with Crippen molar-refractivity contribution in [3.63, 3.8) is 0 Å². The van der Waals surface area contributed by atoms with Gasteiger partial charge in [0.2, 0.25) is 5.91 Å². The van der Waals surface area contributed by atoms with Gasteiger partial charge in [-0.25, -0.2) is 0 Å². The third-order valence-corrected chi connectivity index (χ3v) is 4.58. The van der Waals surface area contributed by atoms with Gasteiger partial charge in [-0.2, -0.15) is 10.2 Å². The Morgan fingerprint density at radius 3 is 2.38 bits per heavy atom. The van der Waals surface area contributed by atoms with Crippen molar-refractivity contribution >= 4 is 11.8 Å². The average Bonchev–Trinajstić information content (AvgIpc) is 2.88. The van der Waals surface area contributed by atoms with E-state index in [0.29, 0.717) is 17.8 Å². The number of rotatable bonds is 5. The quantitative estimate of drug-likeness (QED) is 0.829. The molecule has 0 atom stereocenters. The van der Waals surface area contributed by atoms with Gasteiger partial charge in [0.15, 0.2) is 0 Å². The molecular weight excluding hydrogens is 304 g/mol. The van der Waals surface area contributed by atoms with E-state index in [1.807, 2.05) is 18.7 Å². The molecule has 0 radical (unpaired) electrons. The zero-order chi connectivity index (χ0) is 17.5. The van der Waals surface area contributed by atoms with Crippen LogP contribution in [0.4, 0.5) is 0 Å². The minimum absolute atomic E-state index is 0.0440. The van der Waals surface area contributed by atoms with Gasteiger partial charge in [-0.05, 0) is 39.2 Å². The second kappa shape index (κ2) is 8.76. The Morgan fingerprint density at radius 2 is 1.79 bits per heavy atom. The van der Waals surface area contributed by atoms with Crippen molar-refractivity contribution in [1.82, 2.24) is 20.0 Å². The molecule has 0 bridgehead atoms. The molecule has 2 rings (SSSR count). The van der Waals surface area contributed by atoms with Crippen molar-refractivity contribution in [3.8, 4) is 0 Å². The van der Waals surface area contributed by atoms with Crippen molar-refractivity contribution in [2.45, 2.75) is 52.9 Å². The van der Waals surface area contributed by atoms with Gasteiger partial charge in [0, 0.05) is 19.6 Å². The van der Waals surface area contributed by atoms with Crippen LogP contribution >= 0.6 is 0 Å². The zero-order valence-corrected chi connectivity index (χ0v) is 15.0. The summed E-state index contributed by atoms with van der Waals surface area (Å²) < 4.78 is 0. The number of hydrogen-bond acceptors (Lipinski definition) is 4. The van der Waals surface area contributed by atoms with Gasteiger partial charge in [0.25, 0.3) is 5.91 Å². The van der Waals surface area contributed by atoms with Gasteiger partial charge in [-0.3, -0.25) is 9.59 Å². The zero-order valence-electron chi connectivity index (χ0n) is 15.0. The van der Waals surface area contributed by atoms with E-state index in [1.165, 1.54) is 12.8 Å². The maximum Gasteiger partial charge on any atom is 0.256 e. The number of aryl methyl sites for hydroxylation is 2. The van der Waals surface area contributed by atoms with Crippen molar-refractivity contribution in [1.29, 1.82) is 0 Å². The summed E-state index contributed by atoms with van der Waals surface area (Å²) in [6.07, 6.45) is 5.20. The first-order valence-electron chi connectivity index (χ1n) is 8.97. The molecule has 1 aliphatic rings. The molecule has 2 heterocycles. The number of carbonyl (C=O) groups excluding carboxylic acids is 2. The minimum Gasteiger partial charge on any atom is -0.341 e. The lowest BCUT2D eigenvalue weighted by molar-refractivity contribution is -0.131.